The van der Waals surface area contributed by atoms with Crippen molar-refractivity contribution in [3.63, 3.8) is 0 Å². The Morgan fingerprint density at radius 2 is 2.04 bits per heavy atom. The van der Waals surface area contributed by atoms with Crippen molar-refractivity contribution < 1.29 is 9.21 Å². The topological polar surface area (TPSA) is 55.1 Å². The third kappa shape index (κ3) is 3.76. The highest BCUT2D eigenvalue weighted by atomic mass is 32.2. The predicted molar refractivity (Wildman–Crippen MR) is 94.9 cm³/mol. The van der Waals surface area contributed by atoms with Crippen LogP contribution in [0.25, 0.3) is 10.2 Å². The Labute approximate surface area is 143 Å². The van der Waals surface area contributed by atoms with Gasteiger partial charge in [0, 0.05) is 0 Å². The molecule has 0 saturated carbocycles. The number of amides is 1. The molecule has 4 nitrogen and oxygen atoms in total. The van der Waals surface area contributed by atoms with Gasteiger partial charge in [-0.15, -0.1) is 11.3 Å². The predicted octanol–water partition coefficient (Wildman–Crippen LogP) is 4.56. The molecule has 1 aromatic carbocycles. The average molecular weight is 346 g/mol. The summed E-state index contributed by atoms with van der Waals surface area (Å²) in [7, 11) is 0. The largest absolute Gasteiger partial charge is 0.464 e. The summed E-state index contributed by atoms with van der Waals surface area (Å²) in [6, 6.07) is 11.7. The number of carbonyl (C=O) groups is 1. The summed E-state index contributed by atoms with van der Waals surface area (Å²) in [4.78, 5) is 16.9. The van der Waals surface area contributed by atoms with E-state index in [1.165, 1.54) is 11.8 Å². The summed E-state index contributed by atoms with van der Waals surface area (Å²) in [6.07, 6.45) is 0. The lowest BCUT2D eigenvalue weighted by Crippen LogP contribution is -2.32. The van der Waals surface area contributed by atoms with Gasteiger partial charge >= 0.3 is 0 Å². The highest BCUT2D eigenvalue weighted by molar-refractivity contribution is 8.02. The third-order valence-corrected chi connectivity index (χ3v) is 5.70. The fourth-order valence-electron chi connectivity index (χ4n) is 2.19. The zero-order valence-corrected chi connectivity index (χ0v) is 14.8. The zero-order valence-electron chi connectivity index (χ0n) is 13.2. The molecule has 0 spiro atoms. The minimum Gasteiger partial charge on any atom is -0.464 e. The number of hydrogen-bond donors (Lipinski definition) is 1. The Bertz CT molecular complexity index is 792. The fraction of sp³-hybridized carbons (Fsp3) is 0.294. The second-order valence-corrected chi connectivity index (χ2v) is 8.00. The number of thiazole rings is 1. The number of nitrogens with zero attached hydrogens (tertiary/aromatic N) is 1. The van der Waals surface area contributed by atoms with Crippen molar-refractivity contribution in [2.45, 2.75) is 36.4 Å². The lowest BCUT2D eigenvalue weighted by atomic mass is 10.2. The number of rotatable bonds is 5. The molecule has 2 aromatic heterocycles. The Balaban J connectivity index is 1.63. The van der Waals surface area contributed by atoms with Crippen LogP contribution in [0.15, 0.2) is 45.2 Å². The first kappa shape index (κ1) is 16.1. The van der Waals surface area contributed by atoms with Crippen LogP contribution in [0.4, 0.5) is 0 Å². The number of para-hydroxylation sites is 1. The molecule has 120 valence electrons. The molecule has 0 bridgehead atoms. The van der Waals surface area contributed by atoms with E-state index < -0.39 is 0 Å². The number of thioether (sulfide) groups is 1. The highest BCUT2D eigenvalue weighted by Gasteiger charge is 2.20. The maximum atomic E-state index is 12.4. The van der Waals surface area contributed by atoms with Crippen molar-refractivity contribution in [2.24, 2.45) is 0 Å². The Morgan fingerprint density at radius 1 is 1.26 bits per heavy atom. The molecule has 0 radical (unpaired) electrons. The molecule has 2 heterocycles. The van der Waals surface area contributed by atoms with Crippen LogP contribution >= 0.6 is 23.1 Å². The van der Waals surface area contributed by atoms with Crippen molar-refractivity contribution >= 4 is 39.2 Å². The zero-order chi connectivity index (χ0) is 16.4. The van der Waals surface area contributed by atoms with Gasteiger partial charge in [-0.25, -0.2) is 4.98 Å². The van der Waals surface area contributed by atoms with E-state index in [0.717, 1.165) is 26.1 Å². The van der Waals surface area contributed by atoms with Gasteiger partial charge in [0.2, 0.25) is 5.91 Å². The smallest absolute Gasteiger partial charge is 0.233 e. The number of aromatic nitrogens is 1. The Hall–Kier alpha value is -1.79. The molecule has 1 amide bonds. The van der Waals surface area contributed by atoms with Gasteiger partial charge in [-0.3, -0.25) is 4.79 Å². The van der Waals surface area contributed by atoms with Gasteiger partial charge in [-0.05, 0) is 45.0 Å². The normalized spacial score (nSPS) is 13.9. The molecule has 3 rings (SSSR count). The van der Waals surface area contributed by atoms with Gasteiger partial charge in [0.15, 0.2) is 4.34 Å². The monoisotopic (exact) mass is 346 g/mol. The van der Waals surface area contributed by atoms with E-state index in [-0.39, 0.29) is 17.2 Å². The number of fused-ring (bicyclic) bond motifs is 1. The van der Waals surface area contributed by atoms with Crippen LogP contribution in [0.3, 0.4) is 0 Å². The number of nitrogens with one attached hydrogen (secondary N) is 1. The molecule has 6 heteroatoms. The van der Waals surface area contributed by atoms with Gasteiger partial charge in [0.1, 0.15) is 11.5 Å². The molecule has 0 aliphatic heterocycles. The quantitative estimate of drug-likeness (QED) is 0.688. The number of furan rings is 1. The van der Waals surface area contributed by atoms with Crippen LogP contribution in [0.5, 0.6) is 0 Å². The van der Waals surface area contributed by atoms with Crippen molar-refractivity contribution in [3.8, 4) is 0 Å². The average Bonchev–Trinajstić information content (AvgIpc) is 3.12. The minimum absolute atomic E-state index is 0.0178. The van der Waals surface area contributed by atoms with Crippen LogP contribution in [-0.4, -0.2) is 16.1 Å². The van der Waals surface area contributed by atoms with Crippen LogP contribution in [0, 0.1) is 6.92 Å². The summed E-state index contributed by atoms with van der Waals surface area (Å²) >= 11 is 3.10. The van der Waals surface area contributed by atoms with Gasteiger partial charge < -0.3 is 9.73 Å². The molecule has 0 aliphatic rings. The molecule has 0 unspecified atom stereocenters. The molecule has 0 aliphatic carbocycles. The number of aryl methyl sites for hydroxylation is 1. The third-order valence-electron chi connectivity index (χ3n) is 3.47. The summed E-state index contributed by atoms with van der Waals surface area (Å²) < 4.78 is 7.61. The summed E-state index contributed by atoms with van der Waals surface area (Å²) in [5.41, 5.74) is 0.979. The maximum Gasteiger partial charge on any atom is 0.233 e. The van der Waals surface area contributed by atoms with Crippen molar-refractivity contribution in [2.75, 3.05) is 0 Å². The van der Waals surface area contributed by atoms with Crippen LogP contribution in [0.2, 0.25) is 0 Å². The van der Waals surface area contributed by atoms with Crippen molar-refractivity contribution in [1.82, 2.24) is 10.3 Å². The number of benzene rings is 1. The van der Waals surface area contributed by atoms with E-state index in [1.54, 1.807) is 11.3 Å². The molecular weight excluding hydrogens is 328 g/mol. The van der Waals surface area contributed by atoms with Gasteiger partial charge in [0.05, 0.1) is 21.5 Å². The first-order valence-corrected chi connectivity index (χ1v) is 9.11. The number of hydrogen-bond acceptors (Lipinski definition) is 5. The summed E-state index contributed by atoms with van der Waals surface area (Å²) in [6.45, 7) is 5.71. The minimum atomic E-state index is -0.214. The Morgan fingerprint density at radius 3 is 2.74 bits per heavy atom. The first-order valence-electron chi connectivity index (χ1n) is 7.42. The molecule has 0 fully saturated rings. The SMILES string of the molecule is Cc1ccc([C@@H](C)NC(=O)[C@@H](C)Sc2nc3ccccc3s2)o1. The van der Waals surface area contributed by atoms with E-state index in [9.17, 15) is 4.79 Å². The fourth-order valence-corrected chi connectivity index (χ4v) is 4.41. The van der Waals surface area contributed by atoms with E-state index in [1.807, 2.05) is 57.2 Å². The van der Waals surface area contributed by atoms with Gasteiger partial charge in [0.25, 0.3) is 0 Å². The molecule has 0 saturated heterocycles. The summed E-state index contributed by atoms with van der Waals surface area (Å²) in [5.74, 6) is 1.60. The second-order valence-electron chi connectivity index (χ2n) is 5.39. The number of carbonyl (C=O) groups excluding carboxylic acids is 1. The molecule has 23 heavy (non-hydrogen) atoms. The lowest BCUT2D eigenvalue weighted by molar-refractivity contribution is -0.121. The second kappa shape index (κ2) is 6.76. The van der Waals surface area contributed by atoms with E-state index in [4.69, 9.17) is 4.42 Å². The van der Waals surface area contributed by atoms with Crippen molar-refractivity contribution in [3.05, 3.63) is 47.9 Å². The molecular formula is C17H18N2O2S2. The van der Waals surface area contributed by atoms with Crippen LogP contribution in [-0.2, 0) is 4.79 Å². The lowest BCUT2D eigenvalue weighted by Gasteiger charge is -2.15. The summed E-state index contributed by atoms with van der Waals surface area (Å²) in [5, 5.41) is 2.77. The Kier molecular flexibility index (Phi) is 4.73. The van der Waals surface area contributed by atoms with E-state index in [2.05, 4.69) is 10.3 Å². The maximum absolute atomic E-state index is 12.4. The van der Waals surface area contributed by atoms with Crippen LogP contribution in [0.1, 0.15) is 31.4 Å². The van der Waals surface area contributed by atoms with Crippen molar-refractivity contribution in [1.29, 1.82) is 0 Å². The van der Waals surface area contributed by atoms with E-state index in [0.29, 0.717) is 0 Å². The molecule has 3 aromatic rings. The standard InChI is InChI=1S/C17H18N2O2S2/c1-10-8-9-14(21-10)11(2)18-16(20)12(3)22-17-19-13-6-4-5-7-15(13)23-17/h4-9,11-12H,1-3H3,(H,18,20)/t11-,12-/m1/s1. The van der Waals surface area contributed by atoms with Gasteiger partial charge in [-0.1, -0.05) is 23.9 Å². The molecule has 2 atom stereocenters. The van der Waals surface area contributed by atoms with Crippen LogP contribution < -0.4 is 5.32 Å². The molecule has 1 N–H and O–H groups in total. The highest BCUT2D eigenvalue weighted by Crippen LogP contribution is 2.32. The van der Waals surface area contributed by atoms with E-state index >= 15 is 0 Å². The first-order chi connectivity index (χ1) is 11.0. The van der Waals surface area contributed by atoms with Gasteiger partial charge in [-0.2, -0.15) is 0 Å².